The van der Waals surface area contributed by atoms with Crippen LogP contribution >= 0.6 is 39.3 Å². The van der Waals surface area contributed by atoms with Gasteiger partial charge in [0, 0.05) is 15.1 Å². The molecular formula is C16H10BrClN2O2S. The third-order valence-electron chi connectivity index (χ3n) is 2.98. The largest absolute Gasteiger partial charge is 0.507 e. The number of amidine groups is 1. The molecule has 0 radical (unpaired) electrons. The molecule has 0 aromatic heterocycles. The number of nitrogens with one attached hydrogen (secondary N) is 1. The minimum absolute atomic E-state index is 0.0635. The Balaban J connectivity index is 1.86. The first kappa shape index (κ1) is 16.1. The molecular weight excluding hydrogens is 400 g/mol. The van der Waals surface area contributed by atoms with Crippen molar-refractivity contribution >= 4 is 62.1 Å². The van der Waals surface area contributed by atoms with Crippen LogP contribution in [0.5, 0.6) is 5.75 Å². The van der Waals surface area contributed by atoms with Crippen LogP contribution in [0.3, 0.4) is 0 Å². The van der Waals surface area contributed by atoms with E-state index in [0.717, 1.165) is 10.2 Å². The SMILES string of the molecule is O=C1NC(=Nc2ccc(Br)cc2)SC1=Cc1cc(Cl)ccc1O. The van der Waals surface area contributed by atoms with E-state index in [0.29, 0.717) is 20.7 Å². The van der Waals surface area contributed by atoms with E-state index in [-0.39, 0.29) is 11.7 Å². The van der Waals surface area contributed by atoms with Gasteiger partial charge in [-0.1, -0.05) is 27.5 Å². The summed E-state index contributed by atoms with van der Waals surface area (Å²) in [4.78, 5) is 16.8. The molecule has 2 aromatic carbocycles. The van der Waals surface area contributed by atoms with Gasteiger partial charge >= 0.3 is 0 Å². The van der Waals surface area contributed by atoms with Gasteiger partial charge in [-0.3, -0.25) is 4.79 Å². The van der Waals surface area contributed by atoms with Crippen molar-refractivity contribution in [2.45, 2.75) is 0 Å². The van der Waals surface area contributed by atoms with E-state index >= 15 is 0 Å². The van der Waals surface area contributed by atoms with Crippen LogP contribution in [0.1, 0.15) is 5.56 Å². The van der Waals surface area contributed by atoms with Gasteiger partial charge in [-0.15, -0.1) is 0 Å². The molecule has 1 aliphatic rings. The molecule has 2 N–H and O–H groups in total. The summed E-state index contributed by atoms with van der Waals surface area (Å²) in [5.41, 5.74) is 1.22. The molecule has 0 aliphatic carbocycles. The zero-order valence-electron chi connectivity index (χ0n) is 11.6. The van der Waals surface area contributed by atoms with Crippen molar-refractivity contribution in [1.29, 1.82) is 0 Å². The fourth-order valence-corrected chi connectivity index (χ4v) is 3.17. The predicted octanol–water partition coefficient (Wildman–Crippen LogP) is 4.70. The van der Waals surface area contributed by atoms with Crippen LogP contribution in [0.2, 0.25) is 5.02 Å². The third kappa shape index (κ3) is 3.96. The molecule has 1 saturated heterocycles. The van der Waals surface area contributed by atoms with Crippen LogP contribution in [0.25, 0.3) is 6.08 Å². The van der Waals surface area contributed by atoms with Gasteiger partial charge in [-0.2, -0.15) is 0 Å². The predicted molar refractivity (Wildman–Crippen MR) is 98.1 cm³/mol. The lowest BCUT2D eigenvalue weighted by Gasteiger charge is -2.00. The summed E-state index contributed by atoms with van der Waals surface area (Å²) in [6.07, 6.45) is 1.59. The topological polar surface area (TPSA) is 61.7 Å². The maximum absolute atomic E-state index is 12.0. The summed E-state index contributed by atoms with van der Waals surface area (Å²) >= 11 is 10.5. The van der Waals surface area contributed by atoms with Crippen molar-refractivity contribution in [3.63, 3.8) is 0 Å². The number of amides is 1. The number of carbonyl (C=O) groups excluding carboxylic acids is 1. The smallest absolute Gasteiger partial charge is 0.264 e. The van der Waals surface area contributed by atoms with E-state index in [9.17, 15) is 9.90 Å². The molecule has 7 heteroatoms. The minimum Gasteiger partial charge on any atom is -0.507 e. The van der Waals surface area contributed by atoms with Crippen molar-refractivity contribution < 1.29 is 9.90 Å². The van der Waals surface area contributed by atoms with Gasteiger partial charge in [0.1, 0.15) is 5.75 Å². The highest BCUT2D eigenvalue weighted by molar-refractivity contribution is 9.10. The molecule has 1 aliphatic heterocycles. The van der Waals surface area contributed by atoms with Crippen LogP contribution in [0, 0.1) is 0 Å². The average molecular weight is 410 g/mol. The number of halogens is 2. The molecule has 3 rings (SSSR count). The fourth-order valence-electron chi connectivity index (χ4n) is 1.90. The summed E-state index contributed by atoms with van der Waals surface area (Å²) in [5, 5.41) is 13.5. The summed E-state index contributed by atoms with van der Waals surface area (Å²) in [6.45, 7) is 0. The molecule has 4 nitrogen and oxygen atoms in total. The normalized spacial score (nSPS) is 17.7. The van der Waals surface area contributed by atoms with Crippen LogP contribution in [-0.4, -0.2) is 16.2 Å². The molecule has 1 heterocycles. The number of hydrogen-bond donors (Lipinski definition) is 2. The lowest BCUT2D eigenvalue weighted by atomic mass is 10.2. The van der Waals surface area contributed by atoms with E-state index in [4.69, 9.17) is 11.6 Å². The first-order chi connectivity index (χ1) is 11.0. The minimum atomic E-state index is -0.259. The van der Waals surface area contributed by atoms with Crippen molar-refractivity contribution in [2.75, 3.05) is 0 Å². The number of aromatic hydroxyl groups is 1. The maximum Gasteiger partial charge on any atom is 0.264 e. The molecule has 1 fully saturated rings. The van der Waals surface area contributed by atoms with E-state index in [1.54, 1.807) is 18.2 Å². The Morgan fingerprint density at radius 1 is 1.22 bits per heavy atom. The van der Waals surface area contributed by atoms with E-state index in [2.05, 4.69) is 26.2 Å². The van der Waals surface area contributed by atoms with Crippen molar-refractivity contribution in [2.24, 2.45) is 4.99 Å². The Hall–Kier alpha value is -1.76. The van der Waals surface area contributed by atoms with Gasteiger partial charge in [0.15, 0.2) is 5.17 Å². The second-order valence-corrected chi connectivity index (χ2v) is 7.04. The molecule has 0 saturated carbocycles. The Labute approximate surface area is 150 Å². The number of nitrogens with zero attached hydrogens (tertiary/aromatic N) is 1. The average Bonchev–Trinajstić information content (AvgIpc) is 2.85. The zero-order chi connectivity index (χ0) is 16.4. The fraction of sp³-hybridized carbons (Fsp3) is 0. The van der Waals surface area contributed by atoms with Crippen LogP contribution in [0.15, 0.2) is 56.8 Å². The number of carbonyl (C=O) groups is 1. The van der Waals surface area contributed by atoms with Crippen LogP contribution in [0.4, 0.5) is 5.69 Å². The number of phenolic OH excluding ortho intramolecular Hbond substituents is 1. The lowest BCUT2D eigenvalue weighted by molar-refractivity contribution is -0.115. The number of benzene rings is 2. The van der Waals surface area contributed by atoms with Gasteiger partial charge in [-0.05, 0) is 60.3 Å². The Bertz CT molecular complexity index is 834. The number of phenols is 1. The standard InChI is InChI=1S/C16H10BrClN2O2S/c17-10-1-4-12(5-2-10)19-16-20-15(22)14(23-16)8-9-7-11(18)3-6-13(9)21/h1-8,21H,(H,19,20,22). The highest BCUT2D eigenvalue weighted by atomic mass is 79.9. The molecule has 0 unspecified atom stereocenters. The van der Waals surface area contributed by atoms with Gasteiger partial charge < -0.3 is 10.4 Å². The van der Waals surface area contributed by atoms with E-state index < -0.39 is 0 Å². The molecule has 0 spiro atoms. The van der Waals surface area contributed by atoms with Gasteiger partial charge in [0.2, 0.25) is 0 Å². The Kier molecular flexibility index (Phi) is 4.75. The van der Waals surface area contributed by atoms with E-state index in [1.165, 1.54) is 17.8 Å². The first-order valence-corrected chi connectivity index (χ1v) is 8.54. The summed E-state index contributed by atoms with van der Waals surface area (Å²) in [7, 11) is 0. The Morgan fingerprint density at radius 3 is 2.70 bits per heavy atom. The van der Waals surface area contributed by atoms with Crippen LogP contribution < -0.4 is 5.32 Å². The highest BCUT2D eigenvalue weighted by Crippen LogP contribution is 2.31. The van der Waals surface area contributed by atoms with Gasteiger partial charge in [0.25, 0.3) is 5.91 Å². The summed E-state index contributed by atoms with van der Waals surface area (Å²) in [5.74, 6) is -0.196. The number of thioether (sulfide) groups is 1. The number of rotatable bonds is 2. The van der Waals surface area contributed by atoms with Crippen LogP contribution in [-0.2, 0) is 4.79 Å². The van der Waals surface area contributed by atoms with Crippen molar-refractivity contribution in [1.82, 2.24) is 5.32 Å². The van der Waals surface area contributed by atoms with Gasteiger partial charge in [0.05, 0.1) is 10.6 Å². The molecule has 0 bridgehead atoms. The molecule has 2 aromatic rings. The summed E-state index contributed by atoms with van der Waals surface area (Å²) in [6, 6.07) is 12.1. The number of hydrogen-bond acceptors (Lipinski definition) is 4. The third-order valence-corrected chi connectivity index (χ3v) is 4.66. The highest BCUT2D eigenvalue weighted by Gasteiger charge is 2.24. The monoisotopic (exact) mass is 408 g/mol. The molecule has 0 atom stereocenters. The maximum atomic E-state index is 12.0. The zero-order valence-corrected chi connectivity index (χ0v) is 14.7. The second kappa shape index (κ2) is 6.78. The van der Waals surface area contributed by atoms with E-state index in [1.807, 2.05) is 24.3 Å². The Morgan fingerprint density at radius 2 is 1.96 bits per heavy atom. The van der Waals surface area contributed by atoms with Crippen molar-refractivity contribution in [3.8, 4) is 5.75 Å². The molecule has 23 heavy (non-hydrogen) atoms. The number of aliphatic imine (C=N–C) groups is 1. The molecule has 116 valence electrons. The second-order valence-electron chi connectivity index (χ2n) is 4.66. The lowest BCUT2D eigenvalue weighted by Crippen LogP contribution is -2.19. The first-order valence-electron chi connectivity index (χ1n) is 6.55. The van der Waals surface area contributed by atoms with Crippen molar-refractivity contribution in [3.05, 3.63) is 62.4 Å². The van der Waals surface area contributed by atoms with Gasteiger partial charge in [-0.25, -0.2) is 4.99 Å². The summed E-state index contributed by atoms with van der Waals surface area (Å²) < 4.78 is 0.960. The molecule has 1 amide bonds. The quantitative estimate of drug-likeness (QED) is 0.707.